The Hall–Kier alpha value is -2.96. The molecule has 0 aromatic heterocycles. The highest BCUT2D eigenvalue weighted by atomic mass is 35.5. The van der Waals surface area contributed by atoms with Gasteiger partial charge < -0.3 is 9.84 Å². The van der Waals surface area contributed by atoms with Crippen LogP contribution in [0, 0.1) is 5.92 Å². The maximum Gasteiger partial charge on any atom is 0.335 e. The molecule has 1 N–H and O–H groups in total. The lowest BCUT2D eigenvalue weighted by molar-refractivity contribution is -0.0748. The lowest BCUT2D eigenvalue weighted by atomic mass is 9.96. The molecule has 0 amide bonds. The van der Waals surface area contributed by atoms with E-state index < -0.39 is 5.97 Å². The van der Waals surface area contributed by atoms with Crippen LogP contribution in [0.15, 0.2) is 72.3 Å². The molecular weight excluding hydrogens is 521 g/mol. The van der Waals surface area contributed by atoms with Gasteiger partial charge in [0.15, 0.2) is 0 Å². The van der Waals surface area contributed by atoms with Crippen LogP contribution in [0.4, 0.5) is 0 Å². The van der Waals surface area contributed by atoms with Crippen LogP contribution in [-0.4, -0.2) is 28.4 Å². The molecule has 1 aliphatic heterocycles. The van der Waals surface area contributed by atoms with E-state index in [0.29, 0.717) is 27.1 Å². The Bertz CT molecular complexity index is 1300. The maximum absolute atomic E-state index is 11.2. The summed E-state index contributed by atoms with van der Waals surface area (Å²) in [5.41, 5.74) is 4.04. The monoisotopic (exact) mass is 543 g/mol. The van der Waals surface area contributed by atoms with Crippen molar-refractivity contribution in [3.63, 3.8) is 0 Å². The van der Waals surface area contributed by atoms with Gasteiger partial charge in [0.1, 0.15) is 18.5 Å². The van der Waals surface area contributed by atoms with Crippen LogP contribution in [0.25, 0.3) is 17.8 Å². The molecule has 1 unspecified atom stereocenters. The zero-order chi connectivity index (χ0) is 25.8. The summed E-state index contributed by atoms with van der Waals surface area (Å²) in [5, 5.41) is 10.1. The van der Waals surface area contributed by atoms with Gasteiger partial charge in [-0.3, -0.25) is 0 Å². The predicted molar refractivity (Wildman–Crippen MR) is 145 cm³/mol. The first-order valence-corrected chi connectivity index (χ1v) is 12.4. The minimum Gasteiger partial charge on any atom is -0.489 e. The number of hydroxylamine groups is 1. The number of nitrogens with zero attached hydrogens (tertiary/aromatic N) is 1. The fourth-order valence-electron chi connectivity index (χ4n) is 3.91. The average molecular weight is 545 g/mol. The number of aromatic carboxylic acids is 1. The highest BCUT2D eigenvalue weighted by Crippen LogP contribution is 2.43. The number of benzene rings is 3. The maximum atomic E-state index is 11.2. The lowest BCUT2D eigenvalue weighted by Crippen LogP contribution is -2.22. The summed E-state index contributed by atoms with van der Waals surface area (Å²) in [5.74, 6) is -0.144. The van der Waals surface area contributed by atoms with Crippen LogP contribution in [0.1, 0.15) is 40.9 Å². The van der Waals surface area contributed by atoms with Gasteiger partial charge in [-0.1, -0.05) is 79.5 Å². The van der Waals surface area contributed by atoms with Crippen molar-refractivity contribution in [2.24, 2.45) is 5.92 Å². The Labute approximate surface area is 225 Å². The number of hydrogen-bond donors (Lipinski definition) is 1. The van der Waals surface area contributed by atoms with E-state index in [0.717, 1.165) is 16.7 Å². The smallest absolute Gasteiger partial charge is 0.335 e. The Morgan fingerprint density at radius 1 is 1.03 bits per heavy atom. The van der Waals surface area contributed by atoms with E-state index in [1.54, 1.807) is 36.4 Å². The first-order chi connectivity index (χ1) is 17.2. The third-order valence-corrected chi connectivity index (χ3v) is 6.59. The second-order valence-corrected chi connectivity index (χ2v) is 9.73. The van der Waals surface area contributed by atoms with Crippen molar-refractivity contribution < 1.29 is 19.5 Å². The minimum atomic E-state index is -0.952. The van der Waals surface area contributed by atoms with E-state index in [1.807, 2.05) is 56.3 Å². The van der Waals surface area contributed by atoms with Crippen molar-refractivity contribution in [2.45, 2.75) is 20.0 Å². The van der Waals surface area contributed by atoms with E-state index in [2.05, 4.69) is 0 Å². The summed E-state index contributed by atoms with van der Waals surface area (Å²) in [6, 6.07) is 19.6. The van der Waals surface area contributed by atoms with Gasteiger partial charge in [0, 0.05) is 22.9 Å². The third kappa shape index (κ3) is 5.88. The summed E-state index contributed by atoms with van der Waals surface area (Å²) >= 11 is 19.4. The molecule has 0 saturated carbocycles. The predicted octanol–water partition coefficient (Wildman–Crippen LogP) is 8.08. The van der Waals surface area contributed by atoms with Crippen LogP contribution in [-0.2, 0) is 4.84 Å². The highest BCUT2D eigenvalue weighted by molar-refractivity contribution is 6.38. The van der Waals surface area contributed by atoms with Crippen molar-refractivity contribution in [1.29, 1.82) is 0 Å². The summed E-state index contributed by atoms with van der Waals surface area (Å²) in [7, 11) is 0. The van der Waals surface area contributed by atoms with Crippen LogP contribution in [0.3, 0.4) is 0 Å². The number of carbonyl (C=O) groups is 1. The average Bonchev–Trinajstić information content (AvgIpc) is 3.18. The second kappa shape index (κ2) is 11.4. The van der Waals surface area contributed by atoms with Gasteiger partial charge in [-0.15, -0.1) is 0 Å². The Balaban J connectivity index is 1.53. The van der Waals surface area contributed by atoms with Gasteiger partial charge in [-0.05, 0) is 53.4 Å². The Morgan fingerprint density at radius 3 is 2.31 bits per heavy atom. The molecule has 3 aromatic rings. The second-order valence-electron chi connectivity index (χ2n) is 8.61. The van der Waals surface area contributed by atoms with Crippen LogP contribution < -0.4 is 4.74 Å². The molecule has 5 nitrogen and oxygen atoms in total. The summed E-state index contributed by atoms with van der Waals surface area (Å²) in [6.45, 7) is 4.32. The molecule has 0 radical (unpaired) electrons. The number of rotatable bonds is 8. The standard InChI is InChI=1S/C28H24Cl3NO4/c1-17(2)27-22(26(32(31)36-27)25-23(29)7-4-8-24(25)30)16-35-21-13-11-18(12-14-21)9-10-19-5-3-6-20(15-19)28(33)34/h3-15,17,27H,16H2,1-2H3,(H,33,34). The zero-order valence-electron chi connectivity index (χ0n) is 19.6. The Kier molecular flexibility index (Phi) is 8.27. The number of carboxylic acids is 1. The molecule has 1 heterocycles. The fourth-order valence-corrected chi connectivity index (χ4v) is 4.77. The normalized spacial score (nSPS) is 15.8. The zero-order valence-corrected chi connectivity index (χ0v) is 21.9. The molecule has 3 aromatic carbocycles. The van der Waals surface area contributed by atoms with E-state index >= 15 is 0 Å². The van der Waals surface area contributed by atoms with Crippen molar-refractivity contribution >= 4 is 58.8 Å². The van der Waals surface area contributed by atoms with Crippen LogP contribution in [0.5, 0.6) is 5.75 Å². The summed E-state index contributed by atoms with van der Waals surface area (Å²) in [4.78, 5) is 17.1. The largest absolute Gasteiger partial charge is 0.489 e. The number of hydrogen-bond acceptors (Lipinski definition) is 4. The van der Waals surface area contributed by atoms with Crippen molar-refractivity contribution in [1.82, 2.24) is 4.58 Å². The molecule has 1 aliphatic rings. The fraction of sp³-hybridized carbons (Fsp3) is 0.179. The molecule has 4 rings (SSSR count). The molecule has 0 spiro atoms. The molecule has 186 valence electrons. The lowest BCUT2D eigenvalue weighted by Gasteiger charge is -2.18. The summed E-state index contributed by atoms with van der Waals surface area (Å²) < 4.78 is 7.31. The van der Waals surface area contributed by atoms with E-state index in [4.69, 9.17) is 49.7 Å². The van der Waals surface area contributed by atoms with E-state index in [-0.39, 0.29) is 24.2 Å². The van der Waals surface area contributed by atoms with Gasteiger partial charge in [-0.2, -0.15) is 4.58 Å². The van der Waals surface area contributed by atoms with Gasteiger partial charge in [-0.25, -0.2) is 9.63 Å². The minimum absolute atomic E-state index is 0.135. The van der Waals surface area contributed by atoms with E-state index in [9.17, 15) is 4.79 Å². The first kappa shape index (κ1) is 26.1. The Morgan fingerprint density at radius 2 is 1.67 bits per heavy atom. The van der Waals surface area contributed by atoms with E-state index in [1.165, 1.54) is 4.58 Å². The van der Waals surface area contributed by atoms with Gasteiger partial charge in [0.25, 0.3) is 0 Å². The van der Waals surface area contributed by atoms with Crippen LogP contribution >= 0.6 is 35.0 Å². The molecule has 0 saturated heterocycles. The van der Waals surface area contributed by atoms with Crippen molar-refractivity contribution in [3.8, 4) is 5.75 Å². The molecule has 0 fully saturated rings. The molecule has 0 aliphatic carbocycles. The number of carboxylic acid groups (broad SMARTS) is 1. The molecule has 36 heavy (non-hydrogen) atoms. The van der Waals surface area contributed by atoms with Gasteiger partial charge in [0.2, 0.25) is 0 Å². The molecular formula is C28H24Cl3NO4. The third-order valence-electron chi connectivity index (χ3n) is 5.71. The summed E-state index contributed by atoms with van der Waals surface area (Å²) in [6.07, 6.45) is 3.48. The van der Waals surface area contributed by atoms with Gasteiger partial charge in [0.05, 0.1) is 21.3 Å². The van der Waals surface area contributed by atoms with Gasteiger partial charge >= 0.3 is 5.97 Å². The quantitative estimate of drug-likeness (QED) is 0.229. The molecule has 1 atom stereocenters. The first-order valence-electron chi connectivity index (χ1n) is 11.3. The number of halogens is 3. The topological polar surface area (TPSA) is 59.0 Å². The highest BCUT2D eigenvalue weighted by Gasteiger charge is 2.37. The van der Waals surface area contributed by atoms with Crippen molar-refractivity contribution in [2.75, 3.05) is 6.61 Å². The SMILES string of the molecule is CC(C)C1ON(Cl)C(c2c(Cl)cccc2Cl)=C1COc1ccc(C=Cc2cccc(C(=O)O)c2)cc1. The van der Waals surface area contributed by atoms with Crippen LogP contribution in [0.2, 0.25) is 10.0 Å². The number of ether oxygens (including phenoxy) is 1. The van der Waals surface area contributed by atoms with Crippen molar-refractivity contribution in [3.05, 3.63) is 105 Å². The molecule has 8 heteroatoms. The molecule has 0 bridgehead atoms.